The maximum absolute atomic E-state index is 2.49. The van der Waals surface area contributed by atoms with Gasteiger partial charge in [0.25, 0.3) is 0 Å². The van der Waals surface area contributed by atoms with Gasteiger partial charge < -0.3 is 9.80 Å². The van der Waals surface area contributed by atoms with Gasteiger partial charge in [-0.2, -0.15) is 0 Å². The van der Waals surface area contributed by atoms with E-state index in [4.69, 9.17) is 0 Å². The highest BCUT2D eigenvalue weighted by Crippen LogP contribution is 2.64. The highest BCUT2D eigenvalue weighted by Gasteiger charge is 2.52. The molecule has 0 amide bonds. The third-order valence-corrected chi connectivity index (χ3v) is 12.6. The van der Waals surface area contributed by atoms with E-state index in [1.54, 1.807) is 0 Å². The van der Waals surface area contributed by atoms with Gasteiger partial charge in [-0.25, -0.2) is 0 Å². The summed E-state index contributed by atoms with van der Waals surface area (Å²) in [6, 6.07) is 84.9. The van der Waals surface area contributed by atoms with Crippen molar-refractivity contribution in [3.8, 4) is 22.3 Å². The van der Waals surface area contributed by atoms with Gasteiger partial charge in [0.2, 0.25) is 0 Å². The molecular weight excluding hydrogens is 713 g/mol. The second kappa shape index (κ2) is 13.2. The van der Waals surface area contributed by atoms with Crippen molar-refractivity contribution >= 4 is 55.7 Å². The second-order valence-electron chi connectivity index (χ2n) is 15.7. The Kier molecular flexibility index (Phi) is 7.48. The SMILES string of the molecule is c1ccc(N(c2ccc3c(c2)C2(c4ccccc4-c4ccccc42)c2cc(N(c4ccccc4)c4cccc5ccccc45)ccc2-3)c2ccc3ccccc3c2)cc1. The second-order valence-corrected chi connectivity index (χ2v) is 15.7. The van der Waals surface area contributed by atoms with Gasteiger partial charge in [0.1, 0.15) is 0 Å². The number of benzene rings is 10. The van der Waals surface area contributed by atoms with Gasteiger partial charge in [0.15, 0.2) is 0 Å². The fraction of sp³-hybridized carbons (Fsp3) is 0.0175. The van der Waals surface area contributed by atoms with E-state index in [9.17, 15) is 0 Å². The van der Waals surface area contributed by atoms with E-state index in [2.05, 4.69) is 240 Å². The molecule has 276 valence electrons. The molecule has 0 saturated heterocycles. The average Bonchev–Trinajstić information content (AvgIpc) is 3.77. The summed E-state index contributed by atoms with van der Waals surface area (Å²) >= 11 is 0. The number of hydrogen-bond donors (Lipinski definition) is 0. The Morgan fingerprint density at radius 3 is 1.37 bits per heavy atom. The lowest BCUT2D eigenvalue weighted by Crippen LogP contribution is -2.26. The van der Waals surface area contributed by atoms with Crippen LogP contribution in [0, 0.1) is 0 Å². The van der Waals surface area contributed by atoms with E-state index in [0.717, 1.165) is 34.1 Å². The van der Waals surface area contributed by atoms with Gasteiger partial charge in [-0.3, -0.25) is 0 Å². The van der Waals surface area contributed by atoms with Crippen LogP contribution in [0.2, 0.25) is 0 Å². The van der Waals surface area contributed by atoms with Gasteiger partial charge in [-0.05, 0) is 127 Å². The zero-order valence-corrected chi connectivity index (χ0v) is 32.3. The quantitative estimate of drug-likeness (QED) is 0.167. The third-order valence-electron chi connectivity index (χ3n) is 12.6. The fourth-order valence-corrected chi connectivity index (χ4v) is 10.1. The predicted octanol–water partition coefficient (Wildman–Crippen LogP) is 15.3. The Bertz CT molecular complexity index is 3190. The Morgan fingerprint density at radius 1 is 0.254 bits per heavy atom. The van der Waals surface area contributed by atoms with Gasteiger partial charge in [0, 0.05) is 33.8 Å². The summed E-state index contributed by atoms with van der Waals surface area (Å²) in [4.78, 5) is 4.85. The Hall–Kier alpha value is -7.68. The lowest BCUT2D eigenvalue weighted by molar-refractivity contribution is 0.793. The number of fused-ring (bicyclic) bond motifs is 12. The minimum Gasteiger partial charge on any atom is -0.310 e. The molecule has 10 aromatic carbocycles. The first-order valence-electron chi connectivity index (χ1n) is 20.4. The molecule has 0 saturated carbocycles. The van der Waals surface area contributed by atoms with E-state index in [-0.39, 0.29) is 0 Å². The minimum absolute atomic E-state index is 0.545. The van der Waals surface area contributed by atoms with Crippen LogP contribution in [0.5, 0.6) is 0 Å². The monoisotopic (exact) mass is 750 g/mol. The Labute approximate surface area is 344 Å². The fourth-order valence-electron chi connectivity index (χ4n) is 10.1. The third kappa shape index (κ3) is 5.00. The minimum atomic E-state index is -0.545. The Morgan fingerprint density at radius 2 is 0.712 bits per heavy atom. The van der Waals surface area contributed by atoms with Crippen molar-refractivity contribution in [3.63, 3.8) is 0 Å². The molecule has 1 spiro atoms. The molecule has 59 heavy (non-hydrogen) atoms. The largest absolute Gasteiger partial charge is 0.310 e. The molecule has 0 bridgehead atoms. The zero-order valence-electron chi connectivity index (χ0n) is 32.3. The first kappa shape index (κ1) is 33.5. The van der Waals surface area contributed by atoms with Crippen molar-refractivity contribution in [2.75, 3.05) is 9.80 Å². The molecule has 2 nitrogen and oxygen atoms in total. The van der Waals surface area contributed by atoms with Crippen LogP contribution in [0.4, 0.5) is 34.1 Å². The molecule has 10 aromatic rings. The van der Waals surface area contributed by atoms with E-state index < -0.39 is 5.41 Å². The zero-order chi connectivity index (χ0) is 38.9. The number of nitrogens with zero attached hydrogens (tertiary/aromatic N) is 2. The van der Waals surface area contributed by atoms with Crippen molar-refractivity contribution in [2.45, 2.75) is 5.41 Å². The first-order chi connectivity index (χ1) is 29.3. The van der Waals surface area contributed by atoms with Crippen molar-refractivity contribution in [1.82, 2.24) is 0 Å². The van der Waals surface area contributed by atoms with Crippen LogP contribution < -0.4 is 9.80 Å². The average molecular weight is 751 g/mol. The summed E-state index contributed by atoms with van der Waals surface area (Å²) in [6.45, 7) is 0. The van der Waals surface area contributed by atoms with E-state index >= 15 is 0 Å². The molecule has 0 N–H and O–H groups in total. The van der Waals surface area contributed by atoms with Gasteiger partial charge in [-0.15, -0.1) is 0 Å². The molecule has 0 aliphatic heterocycles. The van der Waals surface area contributed by atoms with E-state index in [0.29, 0.717) is 0 Å². The van der Waals surface area contributed by atoms with Crippen LogP contribution in [-0.4, -0.2) is 0 Å². The summed E-state index contributed by atoms with van der Waals surface area (Å²) in [5, 5.41) is 4.89. The van der Waals surface area contributed by atoms with Crippen molar-refractivity contribution in [3.05, 3.63) is 253 Å². The van der Waals surface area contributed by atoms with E-state index in [1.807, 2.05) is 0 Å². The van der Waals surface area contributed by atoms with Crippen LogP contribution in [0.15, 0.2) is 231 Å². The summed E-state index contributed by atoms with van der Waals surface area (Å²) in [5.41, 5.74) is 16.6. The van der Waals surface area contributed by atoms with Crippen LogP contribution >= 0.6 is 0 Å². The molecule has 2 heteroatoms. The molecule has 2 aliphatic rings. The molecule has 0 fully saturated rings. The topological polar surface area (TPSA) is 6.48 Å². The molecule has 2 aliphatic carbocycles. The molecule has 0 atom stereocenters. The van der Waals surface area contributed by atoms with Crippen molar-refractivity contribution in [2.24, 2.45) is 0 Å². The molecule has 0 heterocycles. The van der Waals surface area contributed by atoms with Gasteiger partial charge in [0.05, 0.1) is 11.1 Å². The number of hydrogen-bond acceptors (Lipinski definition) is 2. The lowest BCUT2D eigenvalue weighted by Gasteiger charge is -2.33. The number of para-hydroxylation sites is 2. The number of anilines is 6. The maximum Gasteiger partial charge on any atom is 0.0727 e. The maximum atomic E-state index is 2.49. The van der Waals surface area contributed by atoms with Crippen LogP contribution in [0.1, 0.15) is 22.3 Å². The number of rotatable bonds is 6. The standard InChI is InChI=1S/C57H38N2/c1-3-20-42(21-4-1)58(44-31-30-39-16-7-8-18-41(39)36-44)45-32-34-50-51-35-33-46(59(43-22-5-2-6-23-43)56-29-15-19-40-17-9-10-24-47(40)56)38-55(51)57(54(50)37-45)52-27-13-11-25-48(52)49-26-12-14-28-53(49)57/h1-38H. The van der Waals surface area contributed by atoms with E-state index in [1.165, 1.54) is 66.1 Å². The lowest BCUT2D eigenvalue weighted by atomic mass is 9.70. The Balaban J connectivity index is 1.13. The molecule has 0 unspecified atom stereocenters. The smallest absolute Gasteiger partial charge is 0.0727 e. The first-order valence-corrected chi connectivity index (χ1v) is 20.4. The summed E-state index contributed by atoms with van der Waals surface area (Å²) in [7, 11) is 0. The van der Waals surface area contributed by atoms with Crippen molar-refractivity contribution < 1.29 is 0 Å². The normalized spacial score (nSPS) is 12.9. The van der Waals surface area contributed by atoms with Crippen LogP contribution in [0.3, 0.4) is 0 Å². The summed E-state index contributed by atoms with van der Waals surface area (Å²) in [6.07, 6.45) is 0. The van der Waals surface area contributed by atoms with Gasteiger partial charge >= 0.3 is 0 Å². The highest BCUT2D eigenvalue weighted by atomic mass is 15.1. The van der Waals surface area contributed by atoms with Gasteiger partial charge in [-0.1, -0.05) is 164 Å². The van der Waals surface area contributed by atoms with Crippen LogP contribution in [0.25, 0.3) is 43.8 Å². The van der Waals surface area contributed by atoms with Crippen LogP contribution in [-0.2, 0) is 5.41 Å². The molecule has 0 radical (unpaired) electrons. The predicted molar refractivity (Wildman–Crippen MR) is 247 cm³/mol. The molecule has 12 rings (SSSR count). The summed E-state index contributed by atoms with van der Waals surface area (Å²) in [5.74, 6) is 0. The highest BCUT2D eigenvalue weighted by molar-refractivity contribution is 6.01. The summed E-state index contributed by atoms with van der Waals surface area (Å²) < 4.78 is 0. The molecule has 0 aromatic heterocycles. The molecular formula is C57H38N2. The van der Waals surface area contributed by atoms with Crippen molar-refractivity contribution in [1.29, 1.82) is 0 Å².